The van der Waals surface area contributed by atoms with Gasteiger partial charge in [0.05, 0.1) is 5.02 Å². The molecule has 23 heavy (non-hydrogen) atoms. The molecule has 3 aromatic rings. The third-order valence-corrected chi connectivity index (χ3v) is 3.30. The van der Waals surface area contributed by atoms with Crippen LogP contribution in [-0.4, -0.2) is 36.7 Å². The Hall–Kier alpha value is -2.81. The van der Waals surface area contributed by atoms with E-state index in [1.807, 2.05) is 18.2 Å². The van der Waals surface area contributed by atoms with Crippen molar-refractivity contribution in [3.05, 3.63) is 35.2 Å². The van der Waals surface area contributed by atoms with E-state index in [-0.39, 0.29) is 18.3 Å². The van der Waals surface area contributed by atoms with E-state index in [0.29, 0.717) is 35.1 Å². The first-order valence-electron chi connectivity index (χ1n) is 6.83. The number of nitrogens with one attached hydrogen (secondary N) is 2. The van der Waals surface area contributed by atoms with Crippen molar-refractivity contribution in [2.75, 3.05) is 5.32 Å². The number of H-pyrrole nitrogens is 1. The highest BCUT2D eigenvalue weighted by Crippen LogP contribution is 2.25. The summed E-state index contributed by atoms with van der Waals surface area (Å²) in [5.41, 5.74) is 0.707. The molecule has 10 heteroatoms. The van der Waals surface area contributed by atoms with Crippen molar-refractivity contribution in [1.82, 2.24) is 30.8 Å². The average Bonchev–Trinajstić information content (AvgIpc) is 3.20. The predicted octanol–water partition coefficient (Wildman–Crippen LogP) is 1.86. The summed E-state index contributed by atoms with van der Waals surface area (Å²) in [7, 11) is 0. The maximum absolute atomic E-state index is 11.7. The summed E-state index contributed by atoms with van der Waals surface area (Å²) in [6.07, 6.45) is 1.31. The maximum atomic E-state index is 11.7. The van der Waals surface area contributed by atoms with Gasteiger partial charge in [-0.2, -0.15) is 10.2 Å². The van der Waals surface area contributed by atoms with Gasteiger partial charge in [-0.05, 0) is 23.8 Å². The van der Waals surface area contributed by atoms with Gasteiger partial charge in [0.2, 0.25) is 17.6 Å². The summed E-state index contributed by atoms with van der Waals surface area (Å²) in [6.45, 7) is 0. The monoisotopic (exact) mass is 333 g/mol. The molecule has 0 unspecified atom stereocenters. The lowest BCUT2D eigenvalue weighted by atomic mass is 10.2. The van der Waals surface area contributed by atoms with E-state index in [9.17, 15) is 4.79 Å². The third-order valence-electron chi connectivity index (χ3n) is 2.97. The second-order valence-corrected chi connectivity index (χ2v) is 5.04. The Morgan fingerprint density at radius 1 is 1.35 bits per heavy atom. The first kappa shape index (κ1) is 15.1. The van der Waals surface area contributed by atoms with E-state index < -0.39 is 0 Å². The van der Waals surface area contributed by atoms with Gasteiger partial charge >= 0.3 is 0 Å². The first-order valence-corrected chi connectivity index (χ1v) is 7.21. The Bertz CT molecular complexity index is 787. The fourth-order valence-corrected chi connectivity index (χ4v) is 2.13. The van der Waals surface area contributed by atoms with Crippen molar-refractivity contribution in [2.45, 2.75) is 19.3 Å². The molecule has 9 nitrogen and oxygen atoms in total. The van der Waals surface area contributed by atoms with Crippen molar-refractivity contribution in [2.24, 2.45) is 0 Å². The summed E-state index contributed by atoms with van der Waals surface area (Å²) < 4.78 is 5.17. The quantitative estimate of drug-likeness (QED) is 0.705. The van der Waals surface area contributed by atoms with E-state index in [0.717, 1.165) is 0 Å². The Kier molecular flexibility index (Phi) is 4.57. The number of anilines is 1. The molecule has 0 aliphatic heterocycles. The van der Waals surface area contributed by atoms with Gasteiger partial charge in [-0.25, -0.2) is 0 Å². The van der Waals surface area contributed by atoms with Crippen molar-refractivity contribution in [1.29, 1.82) is 0 Å². The highest BCUT2D eigenvalue weighted by atomic mass is 35.5. The molecule has 2 aromatic heterocycles. The molecule has 0 radical (unpaired) electrons. The number of carbonyl (C=O) groups excluding carboxylic acids is 1. The fraction of sp³-hybridized carbons (Fsp3) is 0.231. The van der Waals surface area contributed by atoms with E-state index >= 15 is 0 Å². The zero-order valence-electron chi connectivity index (χ0n) is 11.9. The van der Waals surface area contributed by atoms with Crippen LogP contribution in [0.4, 0.5) is 5.95 Å². The summed E-state index contributed by atoms with van der Waals surface area (Å²) in [6, 6.07) is 7.25. The number of nitrogens with zero attached hydrogens (tertiary/aromatic N) is 5. The molecule has 118 valence electrons. The van der Waals surface area contributed by atoms with E-state index in [1.54, 1.807) is 6.07 Å². The molecule has 0 saturated heterocycles. The van der Waals surface area contributed by atoms with Gasteiger partial charge in [-0.15, -0.1) is 5.10 Å². The van der Waals surface area contributed by atoms with Crippen LogP contribution in [0.1, 0.15) is 18.7 Å². The second-order valence-electron chi connectivity index (χ2n) is 4.63. The van der Waals surface area contributed by atoms with Crippen LogP contribution in [0, 0.1) is 0 Å². The van der Waals surface area contributed by atoms with E-state index in [4.69, 9.17) is 16.1 Å². The normalized spacial score (nSPS) is 10.7. The molecule has 0 fully saturated rings. The number of tetrazole rings is 1. The standard InChI is InChI=1S/C13H12ClN7O2/c14-9-5-2-1-4-8(9)12-16-11(23-19-12)7-3-6-10(22)15-13-17-20-21-18-13/h1-2,4-5H,3,6-7H2,(H2,15,17,18,20,21,22). The van der Waals surface area contributed by atoms with Crippen LogP contribution in [-0.2, 0) is 11.2 Å². The number of aryl methyl sites for hydroxylation is 1. The zero-order chi connectivity index (χ0) is 16.1. The van der Waals surface area contributed by atoms with E-state index in [1.165, 1.54) is 0 Å². The molecule has 0 bridgehead atoms. The molecule has 0 spiro atoms. The van der Waals surface area contributed by atoms with Gasteiger partial charge in [0.15, 0.2) is 0 Å². The van der Waals surface area contributed by atoms with Crippen LogP contribution in [0.15, 0.2) is 28.8 Å². The molecule has 0 atom stereocenters. The predicted molar refractivity (Wildman–Crippen MR) is 80.5 cm³/mol. The smallest absolute Gasteiger partial charge is 0.269 e. The Labute approximate surface area is 135 Å². The van der Waals surface area contributed by atoms with Crippen LogP contribution < -0.4 is 5.32 Å². The van der Waals surface area contributed by atoms with Gasteiger partial charge in [0, 0.05) is 18.4 Å². The number of rotatable bonds is 6. The number of aromatic nitrogens is 6. The maximum Gasteiger partial charge on any atom is 0.269 e. The lowest BCUT2D eigenvalue weighted by molar-refractivity contribution is -0.116. The average molecular weight is 334 g/mol. The molecule has 0 aliphatic carbocycles. The van der Waals surface area contributed by atoms with Crippen molar-refractivity contribution in [3.63, 3.8) is 0 Å². The van der Waals surface area contributed by atoms with Gasteiger partial charge in [0.25, 0.3) is 5.95 Å². The van der Waals surface area contributed by atoms with Crippen LogP contribution in [0.25, 0.3) is 11.4 Å². The van der Waals surface area contributed by atoms with Crippen molar-refractivity contribution in [3.8, 4) is 11.4 Å². The molecule has 3 rings (SSSR count). The topological polar surface area (TPSA) is 122 Å². The molecule has 1 aromatic carbocycles. The van der Waals surface area contributed by atoms with Gasteiger partial charge in [0.1, 0.15) is 0 Å². The van der Waals surface area contributed by atoms with Gasteiger partial charge < -0.3 is 4.52 Å². The number of aromatic amines is 1. The molecule has 0 aliphatic rings. The first-order chi connectivity index (χ1) is 11.2. The minimum atomic E-state index is -0.211. The number of halogens is 1. The SMILES string of the molecule is O=C(CCCc1nc(-c2ccccc2Cl)no1)Nc1nn[nH]n1. The lowest BCUT2D eigenvalue weighted by Crippen LogP contribution is -2.12. The van der Waals surface area contributed by atoms with Crippen molar-refractivity contribution >= 4 is 23.5 Å². The zero-order valence-corrected chi connectivity index (χ0v) is 12.6. The number of carbonyl (C=O) groups is 1. The lowest BCUT2D eigenvalue weighted by Gasteiger charge is -1.98. The van der Waals surface area contributed by atoms with Crippen molar-refractivity contribution < 1.29 is 9.32 Å². The van der Waals surface area contributed by atoms with Crippen LogP contribution in [0.3, 0.4) is 0 Å². The Balaban J connectivity index is 1.52. The van der Waals surface area contributed by atoms with E-state index in [2.05, 4.69) is 36.1 Å². The second kappa shape index (κ2) is 6.97. The summed E-state index contributed by atoms with van der Waals surface area (Å²) in [5.74, 6) is 0.820. The highest BCUT2D eigenvalue weighted by molar-refractivity contribution is 6.33. The molecular weight excluding hydrogens is 322 g/mol. The largest absolute Gasteiger partial charge is 0.339 e. The minimum Gasteiger partial charge on any atom is -0.339 e. The Morgan fingerprint density at radius 3 is 3.00 bits per heavy atom. The number of benzene rings is 1. The van der Waals surface area contributed by atoms with Crippen LogP contribution >= 0.6 is 11.6 Å². The summed E-state index contributed by atoms with van der Waals surface area (Å²) in [5, 5.41) is 19.8. The van der Waals surface area contributed by atoms with Crippen LogP contribution in [0.2, 0.25) is 5.02 Å². The fourth-order valence-electron chi connectivity index (χ4n) is 1.91. The Morgan fingerprint density at radius 2 is 2.22 bits per heavy atom. The third kappa shape index (κ3) is 3.89. The van der Waals surface area contributed by atoms with Gasteiger partial charge in [-0.1, -0.05) is 34.0 Å². The summed E-state index contributed by atoms with van der Waals surface area (Å²) in [4.78, 5) is 15.9. The molecule has 1 amide bonds. The highest BCUT2D eigenvalue weighted by Gasteiger charge is 2.12. The number of hydrogen-bond donors (Lipinski definition) is 2. The van der Waals surface area contributed by atoms with Crippen LogP contribution in [0.5, 0.6) is 0 Å². The number of amides is 1. The summed E-state index contributed by atoms with van der Waals surface area (Å²) >= 11 is 6.09. The number of hydrogen-bond acceptors (Lipinski definition) is 7. The van der Waals surface area contributed by atoms with Gasteiger partial charge in [-0.3, -0.25) is 10.1 Å². The minimum absolute atomic E-state index is 0.147. The molecule has 2 N–H and O–H groups in total. The molecule has 2 heterocycles. The molecule has 0 saturated carbocycles. The molecular formula is C13H12ClN7O2.